The number of thioether (sulfide) groups is 1. The quantitative estimate of drug-likeness (QED) is 0.854. The molecular formula is C15H21N3OS. The van der Waals surface area contributed by atoms with Crippen LogP contribution in [0.4, 0.5) is 0 Å². The van der Waals surface area contributed by atoms with Crippen molar-refractivity contribution in [2.45, 2.75) is 50.4 Å². The van der Waals surface area contributed by atoms with Crippen molar-refractivity contribution in [2.75, 3.05) is 0 Å². The highest BCUT2D eigenvalue weighted by Crippen LogP contribution is 2.22. The van der Waals surface area contributed by atoms with Crippen LogP contribution in [0.5, 0.6) is 0 Å². The van der Waals surface area contributed by atoms with E-state index in [1.807, 2.05) is 0 Å². The van der Waals surface area contributed by atoms with Gasteiger partial charge in [0.2, 0.25) is 5.89 Å². The average molecular weight is 291 g/mol. The Bertz CT molecular complexity index is 560. The molecule has 0 amide bonds. The molecule has 0 bridgehead atoms. The first-order chi connectivity index (χ1) is 9.42. The molecule has 2 rings (SSSR count). The summed E-state index contributed by atoms with van der Waals surface area (Å²) in [5, 5.41) is 7.40. The number of aryl methyl sites for hydroxylation is 1. The molecule has 0 radical (unpaired) electrons. The minimum atomic E-state index is 0.130. The van der Waals surface area contributed by atoms with Crippen molar-refractivity contribution < 1.29 is 4.52 Å². The van der Waals surface area contributed by atoms with Crippen molar-refractivity contribution in [1.29, 1.82) is 0 Å². The standard InChI is InChI=1S/C15H21N3OS/c1-11-17-14(18-19-11)10-20-13-7-5-6-12(8-13)9-16-15(2,3)4/h5-8,16H,9-10H2,1-4H3. The van der Waals surface area contributed by atoms with Gasteiger partial charge in [-0.05, 0) is 38.5 Å². The van der Waals surface area contributed by atoms with E-state index >= 15 is 0 Å². The predicted molar refractivity (Wildman–Crippen MR) is 81.6 cm³/mol. The smallest absolute Gasteiger partial charge is 0.223 e. The van der Waals surface area contributed by atoms with E-state index in [0.717, 1.165) is 18.1 Å². The molecule has 0 saturated carbocycles. The molecule has 0 aliphatic carbocycles. The Kier molecular flexibility index (Phi) is 4.83. The van der Waals surface area contributed by atoms with Gasteiger partial charge in [-0.1, -0.05) is 17.3 Å². The lowest BCUT2D eigenvalue weighted by molar-refractivity contribution is 0.389. The van der Waals surface area contributed by atoms with Crippen molar-refractivity contribution in [1.82, 2.24) is 15.5 Å². The highest BCUT2D eigenvalue weighted by Gasteiger charge is 2.09. The van der Waals surface area contributed by atoms with Crippen molar-refractivity contribution in [2.24, 2.45) is 0 Å². The summed E-state index contributed by atoms with van der Waals surface area (Å²) in [5.41, 5.74) is 1.42. The van der Waals surface area contributed by atoms with E-state index in [4.69, 9.17) is 4.52 Å². The topological polar surface area (TPSA) is 51.0 Å². The molecular weight excluding hydrogens is 270 g/mol. The molecule has 0 saturated heterocycles. The molecule has 0 fully saturated rings. The number of nitrogens with one attached hydrogen (secondary N) is 1. The minimum Gasteiger partial charge on any atom is -0.340 e. The number of hydrogen-bond acceptors (Lipinski definition) is 5. The normalized spacial score (nSPS) is 11.8. The van der Waals surface area contributed by atoms with Crippen LogP contribution in [0.1, 0.15) is 38.0 Å². The van der Waals surface area contributed by atoms with Crippen LogP contribution in [0.3, 0.4) is 0 Å². The maximum absolute atomic E-state index is 4.97. The summed E-state index contributed by atoms with van der Waals surface area (Å²) in [6.07, 6.45) is 0. The zero-order valence-corrected chi connectivity index (χ0v) is 13.3. The van der Waals surface area contributed by atoms with Gasteiger partial charge in [-0.3, -0.25) is 0 Å². The molecule has 1 aromatic carbocycles. The first-order valence-electron chi connectivity index (χ1n) is 6.68. The van der Waals surface area contributed by atoms with Gasteiger partial charge in [0, 0.05) is 23.9 Å². The van der Waals surface area contributed by atoms with Crippen molar-refractivity contribution >= 4 is 11.8 Å². The number of hydrogen-bond donors (Lipinski definition) is 1. The monoisotopic (exact) mass is 291 g/mol. The summed E-state index contributed by atoms with van der Waals surface area (Å²) in [4.78, 5) is 5.43. The zero-order chi connectivity index (χ0) is 14.6. The molecule has 0 spiro atoms. The van der Waals surface area contributed by atoms with E-state index in [2.05, 4.69) is 60.5 Å². The Morgan fingerprint density at radius 1 is 1.30 bits per heavy atom. The van der Waals surface area contributed by atoms with E-state index in [0.29, 0.717) is 5.89 Å². The summed E-state index contributed by atoms with van der Waals surface area (Å²) >= 11 is 1.72. The van der Waals surface area contributed by atoms with Crippen molar-refractivity contribution in [3.8, 4) is 0 Å². The lowest BCUT2D eigenvalue weighted by Gasteiger charge is -2.20. The van der Waals surface area contributed by atoms with Gasteiger partial charge < -0.3 is 9.84 Å². The van der Waals surface area contributed by atoms with Gasteiger partial charge in [0.15, 0.2) is 5.82 Å². The fourth-order valence-electron chi connectivity index (χ4n) is 1.66. The molecule has 2 aromatic rings. The molecule has 108 valence electrons. The molecule has 0 unspecified atom stereocenters. The van der Waals surface area contributed by atoms with Gasteiger partial charge >= 0.3 is 0 Å². The molecule has 0 atom stereocenters. The fourth-order valence-corrected chi connectivity index (χ4v) is 2.48. The van der Waals surface area contributed by atoms with E-state index < -0.39 is 0 Å². The fraction of sp³-hybridized carbons (Fsp3) is 0.467. The zero-order valence-electron chi connectivity index (χ0n) is 12.4. The Hall–Kier alpha value is -1.33. The second kappa shape index (κ2) is 6.41. The summed E-state index contributed by atoms with van der Waals surface area (Å²) in [7, 11) is 0. The van der Waals surface area contributed by atoms with Crippen LogP contribution >= 0.6 is 11.8 Å². The summed E-state index contributed by atoms with van der Waals surface area (Å²) in [6, 6.07) is 8.54. The number of nitrogens with zero attached hydrogens (tertiary/aromatic N) is 2. The average Bonchev–Trinajstić information content (AvgIpc) is 2.80. The number of benzene rings is 1. The Labute approximate surface area is 124 Å². The molecule has 1 N–H and O–H groups in total. The van der Waals surface area contributed by atoms with Gasteiger partial charge in [0.25, 0.3) is 0 Å². The highest BCUT2D eigenvalue weighted by atomic mass is 32.2. The Morgan fingerprint density at radius 3 is 2.75 bits per heavy atom. The van der Waals surface area contributed by atoms with Crippen LogP contribution in [0, 0.1) is 6.92 Å². The third-order valence-electron chi connectivity index (χ3n) is 2.66. The summed E-state index contributed by atoms with van der Waals surface area (Å²) < 4.78 is 4.97. The first kappa shape index (κ1) is 15.1. The third-order valence-corrected chi connectivity index (χ3v) is 3.65. The Balaban J connectivity index is 1.92. The van der Waals surface area contributed by atoms with Gasteiger partial charge in [0.05, 0.1) is 5.75 Å². The van der Waals surface area contributed by atoms with Gasteiger partial charge in [-0.25, -0.2) is 0 Å². The largest absolute Gasteiger partial charge is 0.340 e. The molecule has 0 aliphatic heterocycles. The van der Waals surface area contributed by atoms with Crippen LogP contribution in [-0.4, -0.2) is 15.7 Å². The minimum absolute atomic E-state index is 0.130. The van der Waals surface area contributed by atoms with Crippen molar-refractivity contribution in [3.05, 3.63) is 41.5 Å². The van der Waals surface area contributed by atoms with E-state index in [9.17, 15) is 0 Å². The van der Waals surface area contributed by atoms with Gasteiger partial charge in [-0.15, -0.1) is 11.8 Å². The molecule has 1 heterocycles. The second-order valence-corrected chi connectivity index (χ2v) is 6.82. The summed E-state index contributed by atoms with van der Waals surface area (Å²) in [5.74, 6) is 2.09. The first-order valence-corrected chi connectivity index (χ1v) is 7.67. The molecule has 20 heavy (non-hydrogen) atoms. The SMILES string of the molecule is Cc1nc(CSc2cccc(CNC(C)(C)C)c2)no1. The third kappa shape index (κ3) is 4.98. The summed E-state index contributed by atoms with van der Waals surface area (Å²) in [6.45, 7) is 9.19. The highest BCUT2D eigenvalue weighted by molar-refractivity contribution is 7.98. The van der Waals surface area contributed by atoms with Crippen LogP contribution in [-0.2, 0) is 12.3 Å². The predicted octanol–water partition coefficient (Wildman–Crippen LogP) is 3.56. The van der Waals surface area contributed by atoms with Crippen LogP contribution < -0.4 is 5.32 Å². The lowest BCUT2D eigenvalue weighted by atomic mass is 10.1. The maximum Gasteiger partial charge on any atom is 0.223 e. The molecule has 4 nitrogen and oxygen atoms in total. The maximum atomic E-state index is 4.97. The second-order valence-electron chi connectivity index (χ2n) is 5.77. The number of aromatic nitrogens is 2. The van der Waals surface area contributed by atoms with E-state index in [-0.39, 0.29) is 5.54 Å². The Morgan fingerprint density at radius 2 is 2.10 bits per heavy atom. The van der Waals surface area contributed by atoms with Crippen molar-refractivity contribution in [3.63, 3.8) is 0 Å². The van der Waals surface area contributed by atoms with Crippen LogP contribution in [0.25, 0.3) is 0 Å². The van der Waals surface area contributed by atoms with E-state index in [1.54, 1.807) is 18.7 Å². The van der Waals surface area contributed by atoms with E-state index in [1.165, 1.54) is 10.5 Å². The van der Waals surface area contributed by atoms with Gasteiger partial charge in [-0.2, -0.15) is 4.98 Å². The molecule has 5 heteroatoms. The lowest BCUT2D eigenvalue weighted by Crippen LogP contribution is -2.35. The molecule has 1 aromatic heterocycles. The van der Waals surface area contributed by atoms with Crippen LogP contribution in [0.15, 0.2) is 33.7 Å². The number of rotatable bonds is 5. The molecule has 0 aliphatic rings. The van der Waals surface area contributed by atoms with Crippen LogP contribution in [0.2, 0.25) is 0 Å². The van der Waals surface area contributed by atoms with Gasteiger partial charge in [0.1, 0.15) is 0 Å².